The van der Waals surface area contributed by atoms with Gasteiger partial charge in [-0.2, -0.15) is 0 Å². The van der Waals surface area contributed by atoms with Crippen molar-refractivity contribution in [3.05, 3.63) is 29.8 Å². The maximum absolute atomic E-state index is 10.4. The third-order valence-electron chi connectivity index (χ3n) is 2.72. The van der Waals surface area contributed by atoms with Gasteiger partial charge in [0, 0.05) is 12.2 Å². The van der Waals surface area contributed by atoms with Crippen LogP contribution in [0.15, 0.2) is 24.3 Å². The van der Waals surface area contributed by atoms with Gasteiger partial charge in [0.05, 0.1) is 12.5 Å². The van der Waals surface area contributed by atoms with Crippen molar-refractivity contribution in [2.24, 2.45) is 0 Å². The number of carbonyl (C=O) groups is 1. The highest BCUT2D eigenvalue weighted by atomic mass is 16.4. The fraction of sp³-hybridized carbons (Fsp3) is 0.500. The standard InChI is InChI=1S/C14H21NO3/c1-2-3-4-11-5-7-12(8-6-11)15-10-13(16)9-14(17)18/h5-8,13,15-16H,2-4,9-10H2,1H3,(H,17,18). The predicted octanol–water partition coefficient (Wildman–Crippen LogP) is 2.28. The summed E-state index contributed by atoms with van der Waals surface area (Å²) in [4.78, 5) is 10.4. The zero-order valence-corrected chi connectivity index (χ0v) is 10.7. The minimum atomic E-state index is -0.987. The molecule has 0 fully saturated rings. The van der Waals surface area contributed by atoms with E-state index in [0.29, 0.717) is 0 Å². The predicted molar refractivity (Wildman–Crippen MR) is 71.8 cm³/mol. The Morgan fingerprint density at radius 3 is 2.56 bits per heavy atom. The summed E-state index contributed by atoms with van der Waals surface area (Å²) in [6.07, 6.45) is 2.35. The molecule has 0 aromatic heterocycles. The third kappa shape index (κ3) is 5.68. The molecule has 4 nitrogen and oxygen atoms in total. The van der Waals surface area contributed by atoms with Crippen molar-refractivity contribution >= 4 is 11.7 Å². The number of anilines is 1. The molecule has 0 saturated heterocycles. The molecule has 0 radical (unpaired) electrons. The van der Waals surface area contributed by atoms with Crippen LogP contribution < -0.4 is 5.32 Å². The highest BCUT2D eigenvalue weighted by Crippen LogP contribution is 2.12. The molecule has 0 spiro atoms. The highest BCUT2D eigenvalue weighted by molar-refractivity contribution is 5.67. The van der Waals surface area contributed by atoms with Crippen LogP contribution in [0.3, 0.4) is 0 Å². The van der Waals surface area contributed by atoms with Gasteiger partial charge in [-0.05, 0) is 30.5 Å². The first kappa shape index (κ1) is 14.5. The van der Waals surface area contributed by atoms with Crippen LogP contribution >= 0.6 is 0 Å². The van der Waals surface area contributed by atoms with Crippen molar-refractivity contribution < 1.29 is 15.0 Å². The van der Waals surface area contributed by atoms with Crippen LogP contribution in [0.4, 0.5) is 5.69 Å². The molecule has 1 rings (SSSR count). The number of aliphatic hydroxyl groups is 1. The van der Waals surface area contributed by atoms with Crippen LogP contribution in [-0.4, -0.2) is 28.8 Å². The van der Waals surface area contributed by atoms with Crippen LogP contribution in [0.1, 0.15) is 31.7 Å². The number of benzene rings is 1. The number of unbranched alkanes of at least 4 members (excludes halogenated alkanes) is 1. The Hall–Kier alpha value is -1.55. The summed E-state index contributed by atoms with van der Waals surface area (Å²) in [5.41, 5.74) is 2.20. The minimum Gasteiger partial charge on any atom is -0.481 e. The van der Waals surface area contributed by atoms with E-state index in [0.717, 1.165) is 12.1 Å². The average Bonchev–Trinajstić information content (AvgIpc) is 2.34. The fourth-order valence-corrected chi connectivity index (χ4v) is 1.68. The van der Waals surface area contributed by atoms with Crippen molar-refractivity contribution in [1.29, 1.82) is 0 Å². The van der Waals surface area contributed by atoms with Gasteiger partial charge >= 0.3 is 5.97 Å². The molecule has 3 N–H and O–H groups in total. The minimum absolute atomic E-state index is 0.235. The van der Waals surface area contributed by atoms with Crippen LogP contribution in [0, 0.1) is 0 Å². The fourth-order valence-electron chi connectivity index (χ4n) is 1.68. The van der Waals surface area contributed by atoms with E-state index in [1.807, 2.05) is 12.1 Å². The van der Waals surface area contributed by atoms with Gasteiger partial charge in [0.15, 0.2) is 0 Å². The molecule has 1 aromatic carbocycles. The Balaban J connectivity index is 2.36. The molecule has 0 amide bonds. The van der Waals surface area contributed by atoms with Crippen LogP contribution in [-0.2, 0) is 11.2 Å². The summed E-state index contributed by atoms with van der Waals surface area (Å²) in [7, 11) is 0. The number of rotatable bonds is 8. The van der Waals surface area contributed by atoms with Crippen LogP contribution in [0.5, 0.6) is 0 Å². The highest BCUT2D eigenvalue weighted by Gasteiger charge is 2.08. The lowest BCUT2D eigenvalue weighted by atomic mass is 10.1. The maximum Gasteiger partial charge on any atom is 0.306 e. The second-order valence-corrected chi connectivity index (χ2v) is 4.43. The number of hydrogen-bond donors (Lipinski definition) is 3. The molecule has 18 heavy (non-hydrogen) atoms. The number of aryl methyl sites for hydroxylation is 1. The van der Waals surface area contributed by atoms with Crippen molar-refractivity contribution in [2.75, 3.05) is 11.9 Å². The molecule has 1 atom stereocenters. The maximum atomic E-state index is 10.4. The molecule has 0 saturated carbocycles. The van der Waals surface area contributed by atoms with Gasteiger partial charge in [0.2, 0.25) is 0 Å². The van der Waals surface area contributed by atoms with Crippen LogP contribution in [0.2, 0.25) is 0 Å². The van der Waals surface area contributed by atoms with E-state index in [1.54, 1.807) is 0 Å². The van der Waals surface area contributed by atoms with Crippen molar-refractivity contribution in [3.8, 4) is 0 Å². The largest absolute Gasteiger partial charge is 0.481 e. The number of hydrogen-bond acceptors (Lipinski definition) is 3. The van der Waals surface area contributed by atoms with Crippen molar-refractivity contribution in [3.63, 3.8) is 0 Å². The third-order valence-corrected chi connectivity index (χ3v) is 2.72. The average molecular weight is 251 g/mol. The van der Waals surface area contributed by atoms with Gasteiger partial charge < -0.3 is 15.5 Å². The summed E-state index contributed by atoms with van der Waals surface area (Å²) < 4.78 is 0. The molecule has 0 aliphatic rings. The van der Waals surface area contributed by atoms with E-state index >= 15 is 0 Å². The SMILES string of the molecule is CCCCc1ccc(NCC(O)CC(=O)O)cc1. The normalized spacial score (nSPS) is 12.1. The van der Waals surface area contributed by atoms with Gasteiger partial charge in [-0.3, -0.25) is 4.79 Å². The van der Waals surface area contributed by atoms with E-state index in [-0.39, 0.29) is 13.0 Å². The lowest BCUT2D eigenvalue weighted by Crippen LogP contribution is -2.22. The molecule has 0 aliphatic carbocycles. The Kier molecular flexibility index (Phi) is 6.22. The Labute approximate surface area is 108 Å². The van der Waals surface area contributed by atoms with Gasteiger partial charge in [-0.15, -0.1) is 0 Å². The molecule has 4 heteroatoms. The summed E-state index contributed by atoms with van der Waals surface area (Å²) >= 11 is 0. The molecular weight excluding hydrogens is 230 g/mol. The smallest absolute Gasteiger partial charge is 0.306 e. The van der Waals surface area contributed by atoms with Crippen molar-refractivity contribution in [1.82, 2.24) is 0 Å². The lowest BCUT2D eigenvalue weighted by Gasteiger charge is -2.11. The van der Waals surface area contributed by atoms with Gasteiger partial charge in [0.1, 0.15) is 0 Å². The summed E-state index contributed by atoms with van der Waals surface area (Å²) in [6, 6.07) is 8.03. The Morgan fingerprint density at radius 1 is 1.33 bits per heavy atom. The Bertz CT molecular complexity index is 362. The molecule has 0 heterocycles. The van der Waals surface area contributed by atoms with Crippen LogP contribution in [0.25, 0.3) is 0 Å². The van der Waals surface area contributed by atoms with E-state index in [9.17, 15) is 9.90 Å². The second kappa shape index (κ2) is 7.71. The van der Waals surface area contributed by atoms with E-state index in [2.05, 4.69) is 24.4 Å². The second-order valence-electron chi connectivity index (χ2n) is 4.43. The quantitative estimate of drug-likeness (QED) is 0.663. The van der Waals surface area contributed by atoms with Gasteiger partial charge in [-0.1, -0.05) is 25.5 Å². The monoisotopic (exact) mass is 251 g/mol. The van der Waals surface area contributed by atoms with E-state index in [1.165, 1.54) is 18.4 Å². The Morgan fingerprint density at radius 2 is 2.00 bits per heavy atom. The number of aliphatic carboxylic acids is 1. The summed E-state index contributed by atoms with van der Waals surface area (Å²) in [6.45, 7) is 2.42. The number of carboxylic acid groups (broad SMARTS) is 1. The first-order valence-electron chi connectivity index (χ1n) is 6.34. The number of nitrogens with one attached hydrogen (secondary N) is 1. The molecule has 1 unspecified atom stereocenters. The van der Waals surface area contributed by atoms with Gasteiger partial charge in [-0.25, -0.2) is 0 Å². The lowest BCUT2D eigenvalue weighted by molar-refractivity contribution is -0.138. The molecule has 0 aliphatic heterocycles. The number of aliphatic hydroxyl groups excluding tert-OH is 1. The van der Waals surface area contributed by atoms with E-state index in [4.69, 9.17) is 5.11 Å². The molecule has 100 valence electrons. The topological polar surface area (TPSA) is 69.6 Å². The zero-order valence-electron chi connectivity index (χ0n) is 10.7. The first-order valence-corrected chi connectivity index (χ1v) is 6.34. The van der Waals surface area contributed by atoms with E-state index < -0.39 is 12.1 Å². The van der Waals surface area contributed by atoms with Crippen molar-refractivity contribution in [2.45, 2.75) is 38.7 Å². The molecule has 0 bridgehead atoms. The zero-order chi connectivity index (χ0) is 13.4. The molecule has 1 aromatic rings. The van der Waals surface area contributed by atoms with Gasteiger partial charge in [0.25, 0.3) is 0 Å². The summed E-state index contributed by atoms with van der Waals surface area (Å²) in [5, 5.41) is 20.9. The summed E-state index contributed by atoms with van der Waals surface area (Å²) in [5.74, 6) is -0.987. The first-order chi connectivity index (χ1) is 8.61. The molecular formula is C14H21NO3. The number of carboxylic acids is 1.